The summed E-state index contributed by atoms with van der Waals surface area (Å²) in [5.74, 6) is -0.186. The second-order valence-corrected chi connectivity index (χ2v) is 7.24. The molecule has 0 saturated heterocycles. The van der Waals surface area contributed by atoms with Gasteiger partial charge in [0.2, 0.25) is 0 Å². The van der Waals surface area contributed by atoms with Crippen LogP contribution in [0.5, 0.6) is 5.75 Å². The quantitative estimate of drug-likeness (QED) is 0.282. The molecule has 0 heterocycles. The number of nitrogens with one attached hydrogen (secondary N) is 1. The summed E-state index contributed by atoms with van der Waals surface area (Å²) >= 11 is 0. The van der Waals surface area contributed by atoms with Gasteiger partial charge in [0.1, 0.15) is 12.4 Å². The molecule has 7 heteroatoms. The number of ether oxygens (including phenoxy) is 1. The lowest BCUT2D eigenvalue weighted by atomic mass is 10.1. The maximum atomic E-state index is 12.9. The molecule has 33 heavy (non-hydrogen) atoms. The monoisotopic (exact) mass is 448 g/mol. The van der Waals surface area contributed by atoms with Gasteiger partial charge in [-0.3, -0.25) is 4.79 Å². The molecule has 0 fully saturated rings. The van der Waals surface area contributed by atoms with Gasteiger partial charge >= 0.3 is 6.18 Å². The molecule has 0 bridgehead atoms. The van der Waals surface area contributed by atoms with E-state index in [4.69, 9.17) is 4.74 Å². The van der Waals surface area contributed by atoms with Crippen LogP contribution in [0.4, 0.5) is 13.2 Å². The van der Waals surface area contributed by atoms with E-state index in [1.807, 2.05) is 48.5 Å². The fraction of sp³-hybridized carbons (Fsp3) is 0.0769. The lowest BCUT2D eigenvalue weighted by Crippen LogP contribution is -2.18. The average molecular weight is 448 g/mol. The standard InChI is InChI=1S/C26H19F3N2O2/c27-26(28,29)22-12-6-10-19(15-22)25(32)31-30-16-20-8-2-4-14-24(20)33-17-21-11-5-9-18-7-1-3-13-23(18)21/h1-16H,17H2,(H,31,32)/b30-16-. The molecule has 0 aliphatic carbocycles. The van der Waals surface area contributed by atoms with Gasteiger partial charge < -0.3 is 4.74 Å². The highest BCUT2D eigenvalue weighted by Crippen LogP contribution is 2.29. The van der Waals surface area contributed by atoms with E-state index < -0.39 is 17.6 Å². The Balaban J connectivity index is 1.45. The van der Waals surface area contributed by atoms with E-state index in [1.165, 1.54) is 18.3 Å². The smallest absolute Gasteiger partial charge is 0.416 e. The topological polar surface area (TPSA) is 50.7 Å². The molecule has 0 atom stereocenters. The third kappa shape index (κ3) is 5.38. The lowest BCUT2D eigenvalue weighted by Gasteiger charge is -2.11. The highest BCUT2D eigenvalue weighted by molar-refractivity contribution is 5.95. The van der Waals surface area contributed by atoms with Gasteiger partial charge in [-0.2, -0.15) is 18.3 Å². The van der Waals surface area contributed by atoms with Crippen molar-refractivity contribution in [1.82, 2.24) is 5.43 Å². The van der Waals surface area contributed by atoms with Gasteiger partial charge in [-0.25, -0.2) is 5.43 Å². The second kappa shape index (κ2) is 9.56. The molecular weight excluding hydrogens is 429 g/mol. The molecule has 4 aromatic rings. The summed E-state index contributed by atoms with van der Waals surface area (Å²) in [5.41, 5.74) is 2.86. The van der Waals surface area contributed by atoms with E-state index in [0.717, 1.165) is 28.5 Å². The largest absolute Gasteiger partial charge is 0.488 e. The SMILES string of the molecule is O=C(N/N=C\c1ccccc1OCc1cccc2ccccc12)c1cccc(C(F)(F)F)c1. The molecule has 0 aliphatic heterocycles. The van der Waals surface area contributed by atoms with Gasteiger partial charge in [0, 0.05) is 11.1 Å². The van der Waals surface area contributed by atoms with Crippen LogP contribution in [-0.2, 0) is 12.8 Å². The fourth-order valence-corrected chi connectivity index (χ4v) is 3.35. The van der Waals surface area contributed by atoms with Crippen molar-refractivity contribution >= 4 is 22.9 Å². The van der Waals surface area contributed by atoms with Crippen LogP contribution < -0.4 is 10.2 Å². The van der Waals surface area contributed by atoms with Crippen LogP contribution in [0.1, 0.15) is 27.0 Å². The highest BCUT2D eigenvalue weighted by Gasteiger charge is 2.30. The van der Waals surface area contributed by atoms with Gasteiger partial charge in [0.25, 0.3) is 5.91 Å². The zero-order valence-corrected chi connectivity index (χ0v) is 17.3. The number of rotatable bonds is 6. The second-order valence-electron chi connectivity index (χ2n) is 7.24. The normalized spacial score (nSPS) is 11.6. The van der Waals surface area contributed by atoms with E-state index in [9.17, 15) is 18.0 Å². The van der Waals surface area contributed by atoms with Crippen LogP contribution in [0.25, 0.3) is 10.8 Å². The summed E-state index contributed by atoms with van der Waals surface area (Å²) in [7, 11) is 0. The molecule has 166 valence electrons. The Labute approximate surface area is 188 Å². The van der Waals surface area contributed by atoms with Crippen LogP contribution in [0.3, 0.4) is 0 Å². The number of hydrazone groups is 1. The zero-order valence-electron chi connectivity index (χ0n) is 17.3. The van der Waals surface area contributed by atoms with Gasteiger partial charge in [0.15, 0.2) is 0 Å². The summed E-state index contributed by atoms with van der Waals surface area (Å²) in [6.45, 7) is 0.336. The number of fused-ring (bicyclic) bond motifs is 1. The van der Waals surface area contributed by atoms with Crippen LogP contribution in [0.2, 0.25) is 0 Å². The van der Waals surface area contributed by atoms with Crippen molar-refractivity contribution in [3.8, 4) is 5.75 Å². The first-order chi connectivity index (χ1) is 15.9. The van der Waals surface area contributed by atoms with E-state index in [1.54, 1.807) is 18.2 Å². The third-order valence-corrected chi connectivity index (χ3v) is 5.00. The molecule has 0 aliphatic rings. The predicted octanol–water partition coefficient (Wildman–Crippen LogP) is 6.20. The van der Waals surface area contributed by atoms with Crippen LogP contribution in [0, 0.1) is 0 Å². The van der Waals surface area contributed by atoms with Gasteiger partial charge in [-0.1, -0.05) is 60.7 Å². The van der Waals surface area contributed by atoms with E-state index in [0.29, 0.717) is 17.9 Å². The maximum Gasteiger partial charge on any atom is 0.416 e. The van der Waals surface area contributed by atoms with Gasteiger partial charge in [-0.05, 0) is 46.7 Å². The highest BCUT2D eigenvalue weighted by atomic mass is 19.4. The van der Waals surface area contributed by atoms with Crippen molar-refractivity contribution in [2.24, 2.45) is 5.10 Å². The Bertz CT molecular complexity index is 1310. The van der Waals surface area contributed by atoms with Crippen molar-refractivity contribution in [3.63, 3.8) is 0 Å². The zero-order chi connectivity index (χ0) is 23.3. The molecule has 4 aromatic carbocycles. The summed E-state index contributed by atoms with van der Waals surface area (Å²) in [6, 6.07) is 25.3. The van der Waals surface area contributed by atoms with Crippen molar-refractivity contribution in [3.05, 3.63) is 113 Å². The van der Waals surface area contributed by atoms with Crippen molar-refractivity contribution in [2.75, 3.05) is 0 Å². The summed E-state index contributed by atoms with van der Waals surface area (Å²) < 4.78 is 44.6. The number of hydrogen-bond acceptors (Lipinski definition) is 3. The van der Waals surface area contributed by atoms with Gasteiger partial charge in [-0.15, -0.1) is 0 Å². The molecule has 0 aromatic heterocycles. The number of halogens is 3. The summed E-state index contributed by atoms with van der Waals surface area (Å²) in [4.78, 5) is 12.2. The molecule has 0 spiro atoms. The van der Waals surface area contributed by atoms with E-state index in [-0.39, 0.29) is 5.56 Å². The Morgan fingerprint density at radius 2 is 1.64 bits per heavy atom. The molecule has 0 unspecified atom stereocenters. The number of nitrogens with zero attached hydrogens (tertiary/aromatic N) is 1. The minimum Gasteiger partial charge on any atom is -0.488 e. The Hall–Kier alpha value is -4.13. The molecule has 0 saturated carbocycles. The number of para-hydroxylation sites is 1. The fourth-order valence-electron chi connectivity index (χ4n) is 3.35. The van der Waals surface area contributed by atoms with Crippen LogP contribution in [0.15, 0.2) is 96.1 Å². The maximum absolute atomic E-state index is 12.9. The van der Waals surface area contributed by atoms with Crippen molar-refractivity contribution < 1.29 is 22.7 Å². The first-order valence-electron chi connectivity index (χ1n) is 10.1. The number of carbonyl (C=O) groups is 1. The lowest BCUT2D eigenvalue weighted by molar-refractivity contribution is -0.137. The summed E-state index contributed by atoms with van der Waals surface area (Å²) in [6.07, 6.45) is -3.14. The molecule has 4 rings (SSSR count). The molecule has 0 radical (unpaired) electrons. The third-order valence-electron chi connectivity index (χ3n) is 5.00. The number of carbonyl (C=O) groups excluding carboxylic acids is 1. The number of hydrogen-bond donors (Lipinski definition) is 1. The first-order valence-corrected chi connectivity index (χ1v) is 10.1. The van der Waals surface area contributed by atoms with Crippen molar-refractivity contribution in [2.45, 2.75) is 12.8 Å². The predicted molar refractivity (Wildman–Crippen MR) is 121 cm³/mol. The van der Waals surface area contributed by atoms with Gasteiger partial charge in [0.05, 0.1) is 11.8 Å². The minimum atomic E-state index is -4.53. The molecule has 1 amide bonds. The molecule has 1 N–H and O–H groups in total. The Morgan fingerprint density at radius 3 is 2.48 bits per heavy atom. The number of alkyl halides is 3. The Kier molecular flexibility index (Phi) is 6.40. The minimum absolute atomic E-state index is 0.137. The number of amides is 1. The summed E-state index contributed by atoms with van der Waals surface area (Å²) in [5, 5.41) is 6.10. The first kappa shape index (κ1) is 22.1. The van der Waals surface area contributed by atoms with E-state index >= 15 is 0 Å². The van der Waals surface area contributed by atoms with E-state index in [2.05, 4.69) is 10.5 Å². The molecule has 4 nitrogen and oxygen atoms in total. The van der Waals surface area contributed by atoms with Crippen LogP contribution in [-0.4, -0.2) is 12.1 Å². The molecular formula is C26H19F3N2O2. The van der Waals surface area contributed by atoms with Crippen LogP contribution >= 0.6 is 0 Å². The Morgan fingerprint density at radius 1 is 0.909 bits per heavy atom. The number of benzene rings is 4. The van der Waals surface area contributed by atoms with Crippen molar-refractivity contribution in [1.29, 1.82) is 0 Å². The average Bonchev–Trinajstić information content (AvgIpc) is 2.83.